The minimum atomic E-state index is -0.526. The van der Waals surface area contributed by atoms with Crippen LogP contribution in [0.1, 0.15) is 32.0 Å². The van der Waals surface area contributed by atoms with Gasteiger partial charge in [0.2, 0.25) is 0 Å². The zero-order valence-electron chi connectivity index (χ0n) is 14.9. The van der Waals surface area contributed by atoms with Crippen molar-refractivity contribution in [1.29, 1.82) is 0 Å². The van der Waals surface area contributed by atoms with Gasteiger partial charge in [-0.15, -0.1) is 0 Å². The lowest BCUT2D eigenvalue weighted by atomic mass is 10.1. The molecule has 0 unspecified atom stereocenters. The van der Waals surface area contributed by atoms with Crippen LogP contribution in [-0.4, -0.2) is 16.8 Å². The second kappa shape index (κ2) is 7.78. The maximum Gasteiger partial charge on any atom is 0.274 e. The summed E-state index contributed by atoms with van der Waals surface area (Å²) in [5.74, 6) is -1.32. The monoisotopic (exact) mass is 363 g/mol. The molecule has 0 aliphatic carbocycles. The Morgan fingerprint density at radius 1 is 0.926 bits per heavy atom. The van der Waals surface area contributed by atoms with E-state index in [1.165, 1.54) is 36.5 Å². The van der Waals surface area contributed by atoms with Gasteiger partial charge in [-0.05, 0) is 61.4 Å². The molecule has 136 valence electrons. The van der Waals surface area contributed by atoms with Gasteiger partial charge < -0.3 is 10.6 Å². The van der Waals surface area contributed by atoms with Crippen LogP contribution in [0.3, 0.4) is 0 Å². The second-order valence-corrected chi connectivity index (χ2v) is 6.10. The SMILES string of the molecule is Cc1cccc(NC(=O)c2ccnc(C(=O)Nc3cccc(F)c3)c2)c1C. The number of aromatic nitrogens is 1. The molecular formula is C21H18FN3O2. The van der Waals surface area contributed by atoms with E-state index in [1.54, 1.807) is 6.07 Å². The van der Waals surface area contributed by atoms with Gasteiger partial charge in [0.25, 0.3) is 11.8 Å². The van der Waals surface area contributed by atoms with Crippen molar-refractivity contribution in [3.05, 3.63) is 89.0 Å². The maximum atomic E-state index is 13.2. The topological polar surface area (TPSA) is 71.1 Å². The zero-order valence-corrected chi connectivity index (χ0v) is 14.9. The van der Waals surface area contributed by atoms with Gasteiger partial charge in [-0.1, -0.05) is 18.2 Å². The Kier molecular flexibility index (Phi) is 5.26. The Morgan fingerprint density at radius 2 is 1.70 bits per heavy atom. The summed E-state index contributed by atoms with van der Waals surface area (Å²) in [5.41, 5.74) is 3.43. The van der Waals surface area contributed by atoms with Gasteiger partial charge in [-0.3, -0.25) is 14.6 Å². The second-order valence-electron chi connectivity index (χ2n) is 6.10. The van der Waals surface area contributed by atoms with E-state index in [2.05, 4.69) is 15.6 Å². The quantitative estimate of drug-likeness (QED) is 0.724. The number of carbonyl (C=O) groups excluding carboxylic acids is 2. The number of rotatable bonds is 4. The summed E-state index contributed by atoms with van der Waals surface area (Å²) in [6.45, 7) is 3.89. The average molecular weight is 363 g/mol. The van der Waals surface area contributed by atoms with Crippen LogP contribution in [-0.2, 0) is 0 Å². The Bertz CT molecular complexity index is 1020. The number of nitrogens with one attached hydrogen (secondary N) is 2. The molecule has 0 aliphatic rings. The summed E-state index contributed by atoms with van der Waals surface area (Å²) in [6, 6.07) is 14.1. The number of aryl methyl sites for hydroxylation is 1. The molecule has 1 heterocycles. The molecule has 3 aromatic rings. The van der Waals surface area contributed by atoms with Crippen LogP contribution in [0, 0.1) is 19.7 Å². The summed E-state index contributed by atoms with van der Waals surface area (Å²) >= 11 is 0. The fourth-order valence-corrected chi connectivity index (χ4v) is 2.54. The highest BCUT2D eigenvalue weighted by Gasteiger charge is 2.13. The lowest BCUT2D eigenvalue weighted by molar-refractivity contribution is 0.102. The predicted molar refractivity (Wildman–Crippen MR) is 102 cm³/mol. The van der Waals surface area contributed by atoms with Crippen molar-refractivity contribution in [2.75, 3.05) is 10.6 Å². The molecule has 2 amide bonds. The molecule has 0 aliphatic heterocycles. The molecule has 0 atom stereocenters. The third kappa shape index (κ3) is 4.36. The van der Waals surface area contributed by atoms with Gasteiger partial charge in [0.1, 0.15) is 11.5 Å². The molecule has 0 radical (unpaired) electrons. The predicted octanol–water partition coefficient (Wildman–Crippen LogP) is 4.34. The van der Waals surface area contributed by atoms with Gasteiger partial charge in [-0.2, -0.15) is 0 Å². The number of halogens is 1. The Morgan fingerprint density at radius 3 is 2.48 bits per heavy atom. The number of hydrogen-bond acceptors (Lipinski definition) is 3. The summed E-state index contributed by atoms with van der Waals surface area (Å²) in [7, 11) is 0. The molecule has 0 fully saturated rings. The number of pyridine rings is 1. The van der Waals surface area contributed by atoms with Crippen LogP contribution in [0.25, 0.3) is 0 Å². The van der Waals surface area contributed by atoms with E-state index in [0.29, 0.717) is 16.9 Å². The van der Waals surface area contributed by atoms with Gasteiger partial charge >= 0.3 is 0 Å². The molecule has 6 heteroatoms. The fraction of sp³-hybridized carbons (Fsp3) is 0.0952. The minimum absolute atomic E-state index is 0.0628. The average Bonchev–Trinajstić information content (AvgIpc) is 2.65. The molecule has 2 aromatic carbocycles. The molecule has 0 bridgehead atoms. The highest BCUT2D eigenvalue weighted by molar-refractivity contribution is 6.08. The Hall–Kier alpha value is -3.54. The van der Waals surface area contributed by atoms with Crippen molar-refractivity contribution in [2.24, 2.45) is 0 Å². The smallest absolute Gasteiger partial charge is 0.274 e. The number of nitrogens with zero attached hydrogens (tertiary/aromatic N) is 1. The number of benzene rings is 2. The van der Waals surface area contributed by atoms with E-state index in [1.807, 2.05) is 32.0 Å². The van der Waals surface area contributed by atoms with E-state index in [4.69, 9.17) is 0 Å². The van der Waals surface area contributed by atoms with Crippen molar-refractivity contribution >= 4 is 23.2 Å². The van der Waals surface area contributed by atoms with Crippen LogP contribution < -0.4 is 10.6 Å². The fourth-order valence-electron chi connectivity index (χ4n) is 2.54. The van der Waals surface area contributed by atoms with Crippen LogP contribution >= 0.6 is 0 Å². The van der Waals surface area contributed by atoms with Gasteiger partial charge in [0.15, 0.2) is 0 Å². The van der Waals surface area contributed by atoms with Crippen molar-refractivity contribution in [2.45, 2.75) is 13.8 Å². The number of hydrogen-bond donors (Lipinski definition) is 2. The first-order chi connectivity index (χ1) is 12.9. The van der Waals surface area contributed by atoms with Crippen LogP contribution in [0.4, 0.5) is 15.8 Å². The van der Waals surface area contributed by atoms with E-state index < -0.39 is 11.7 Å². The number of anilines is 2. The normalized spacial score (nSPS) is 10.3. The molecule has 3 rings (SSSR count). The van der Waals surface area contributed by atoms with Crippen LogP contribution in [0.5, 0.6) is 0 Å². The van der Waals surface area contributed by atoms with E-state index >= 15 is 0 Å². The summed E-state index contributed by atoms with van der Waals surface area (Å²) in [4.78, 5) is 28.9. The molecule has 27 heavy (non-hydrogen) atoms. The van der Waals surface area contributed by atoms with E-state index in [0.717, 1.165) is 11.1 Å². The lowest BCUT2D eigenvalue weighted by Crippen LogP contribution is -2.17. The lowest BCUT2D eigenvalue weighted by Gasteiger charge is -2.11. The molecule has 2 N–H and O–H groups in total. The highest BCUT2D eigenvalue weighted by atomic mass is 19.1. The number of carbonyl (C=O) groups is 2. The zero-order chi connectivity index (χ0) is 19.4. The largest absolute Gasteiger partial charge is 0.322 e. The first kappa shape index (κ1) is 18.3. The summed E-state index contributed by atoms with van der Waals surface area (Å²) in [6.07, 6.45) is 1.39. The molecule has 0 saturated carbocycles. The Labute approximate surface area is 156 Å². The van der Waals surface area contributed by atoms with Crippen LogP contribution in [0.2, 0.25) is 0 Å². The third-order valence-corrected chi connectivity index (χ3v) is 4.19. The summed E-state index contributed by atoms with van der Waals surface area (Å²) < 4.78 is 13.2. The maximum absolute atomic E-state index is 13.2. The first-order valence-corrected chi connectivity index (χ1v) is 8.34. The van der Waals surface area contributed by atoms with E-state index in [-0.39, 0.29) is 11.6 Å². The summed E-state index contributed by atoms with van der Waals surface area (Å²) in [5, 5.41) is 5.40. The first-order valence-electron chi connectivity index (χ1n) is 8.34. The van der Waals surface area contributed by atoms with Crippen molar-refractivity contribution in [3.63, 3.8) is 0 Å². The van der Waals surface area contributed by atoms with Gasteiger partial charge in [0.05, 0.1) is 0 Å². The molecule has 5 nitrogen and oxygen atoms in total. The van der Waals surface area contributed by atoms with Gasteiger partial charge in [-0.25, -0.2) is 4.39 Å². The van der Waals surface area contributed by atoms with Crippen molar-refractivity contribution in [1.82, 2.24) is 4.98 Å². The Balaban J connectivity index is 1.77. The number of amides is 2. The minimum Gasteiger partial charge on any atom is -0.322 e. The van der Waals surface area contributed by atoms with Crippen molar-refractivity contribution < 1.29 is 14.0 Å². The van der Waals surface area contributed by atoms with Crippen molar-refractivity contribution in [3.8, 4) is 0 Å². The third-order valence-electron chi connectivity index (χ3n) is 4.19. The van der Waals surface area contributed by atoms with Gasteiger partial charge in [0, 0.05) is 23.1 Å². The molecular weight excluding hydrogens is 345 g/mol. The van der Waals surface area contributed by atoms with E-state index in [9.17, 15) is 14.0 Å². The molecule has 1 aromatic heterocycles. The molecule has 0 spiro atoms. The highest BCUT2D eigenvalue weighted by Crippen LogP contribution is 2.19. The standard InChI is InChI=1S/C21H18FN3O2/c1-13-5-3-8-18(14(13)2)25-20(26)15-9-10-23-19(11-15)21(27)24-17-7-4-6-16(22)12-17/h3-12H,1-2H3,(H,24,27)(H,25,26). The molecule has 0 saturated heterocycles. The van der Waals surface area contributed by atoms with Crippen LogP contribution in [0.15, 0.2) is 60.8 Å².